The number of benzene rings is 1. The third-order valence-electron chi connectivity index (χ3n) is 3.83. The number of nitrogen functional groups attached to an aromatic ring is 1. The number of rotatable bonds is 4. The number of hydrogen-bond donors (Lipinski definition) is 1. The zero-order chi connectivity index (χ0) is 15.9. The fourth-order valence-electron chi connectivity index (χ4n) is 2.99. The van der Waals surface area contributed by atoms with Crippen molar-refractivity contribution in [1.82, 2.24) is 14.5 Å². The normalized spacial score (nSPS) is 12.1. The molecule has 4 nitrogen and oxygen atoms in total. The second-order valence-corrected chi connectivity index (χ2v) is 6.84. The van der Waals surface area contributed by atoms with Crippen LogP contribution < -0.4 is 5.73 Å². The Bertz CT molecular complexity index is 815. The van der Waals surface area contributed by atoms with E-state index in [2.05, 4.69) is 49.4 Å². The summed E-state index contributed by atoms with van der Waals surface area (Å²) >= 11 is 0. The molecule has 0 bridgehead atoms. The number of pyridine rings is 1. The fraction of sp³-hybridized carbons (Fsp3) is 0.444. The largest absolute Gasteiger partial charge is 0.382 e. The number of hydrogen-bond acceptors (Lipinski definition) is 3. The van der Waals surface area contributed by atoms with Crippen molar-refractivity contribution < 1.29 is 0 Å². The molecular weight excluding hydrogens is 272 g/mol. The number of anilines is 1. The van der Waals surface area contributed by atoms with Crippen molar-refractivity contribution in [2.24, 2.45) is 11.8 Å². The minimum absolute atomic E-state index is 0.529. The lowest BCUT2D eigenvalue weighted by Gasteiger charge is -2.14. The van der Waals surface area contributed by atoms with Gasteiger partial charge in [-0.1, -0.05) is 45.9 Å². The van der Waals surface area contributed by atoms with Gasteiger partial charge < -0.3 is 10.3 Å². The van der Waals surface area contributed by atoms with Crippen molar-refractivity contribution in [3.8, 4) is 0 Å². The van der Waals surface area contributed by atoms with Gasteiger partial charge in [-0.2, -0.15) is 0 Å². The molecule has 0 amide bonds. The van der Waals surface area contributed by atoms with Gasteiger partial charge in [-0.3, -0.25) is 0 Å². The van der Waals surface area contributed by atoms with Gasteiger partial charge in [0.1, 0.15) is 11.3 Å². The van der Waals surface area contributed by atoms with E-state index in [9.17, 15) is 0 Å². The molecule has 3 rings (SSSR count). The maximum absolute atomic E-state index is 6.18. The van der Waals surface area contributed by atoms with E-state index in [0.717, 1.165) is 40.7 Å². The quantitative estimate of drug-likeness (QED) is 0.791. The lowest BCUT2D eigenvalue weighted by atomic mass is 10.1. The Morgan fingerprint density at radius 2 is 1.77 bits per heavy atom. The van der Waals surface area contributed by atoms with Crippen molar-refractivity contribution in [2.45, 2.75) is 40.7 Å². The number of aromatic nitrogens is 3. The minimum atomic E-state index is 0.529. The summed E-state index contributed by atoms with van der Waals surface area (Å²) in [5, 5.41) is 1.13. The summed E-state index contributed by atoms with van der Waals surface area (Å²) in [6.07, 6.45) is 0.954. The summed E-state index contributed by atoms with van der Waals surface area (Å²) in [5.74, 6) is 2.75. The molecular formula is C18H24N4. The molecule has 22 heavy (non-hydrogen) atoms. The molecule has 0 unspecified atom stereocenters. The number of nitrogens with two attached hydrogens (primary N) is 1. The second kappa shape index (κ2) is 5.59. The summed E-state index contributed by atoms with van der Waals surface area (Å²) in [5.41, 5.74) is 9.09. The summed E-state index contributed by atoms with van der Waals surface area (Å²) in [7, 11) is 0. The van der Waals surface area contributed by atoms with E-state index in [1.807, 2.05) is 12.1 Å². The van der Waals surface area contributed by atoms with Crippen molar-refractivity contribution in [1.29, 1.82) is 0 Å². The molecule has 4 heteroatoms. The third-order valence-corrected chi connectivity index (χ3v) is 3.83. The van der Waals surface area contributed by atoms with E-state index in [1.54, 1.807) is 0 Å². The molecule has 116 valence electrons. The Morgan fingerprint density at radius 3 is 2.45 bits per heavy atom. The highest BCUT2D eigenvalue weighted by Gasteiger charge is 2.18. The van der Waals surface area contributed by atoms with Crippen molar-refractivity contribution in [3.63, 3.8) is 0 Å². The SMILES string of the molecule is CC(C)Cc1nc2c(N)nc3ccccc3c2n1CC(C)C. The average Bonchev–Trinajstić information content (AvgIpc) is 2.77. The van der Waals surface area contributed by atoms with Gasteiger partial charge in [0.2, 0.25) is 0 Å². The van der Waals surface area contributed by atoms with E-state index < -0.39 is 0 Å². The number of nitrogens with zero attached hydrogens (tertiary/aromatic N) is 3. The Kier molecular flexibility index (Phi) is 3.77. The zero-order valence-electron chi connectivity index (χ0n) is 13.8. The van der Waals surface area contributed by atoms with Gasteiger partial charge in [0.05, 0.1) is 11.0 Å². The van der Waals surface area contributed by atoms with E-state index in [0.29, 0.717) is 17.7 Å². The predicted molar refractivity (Wildman–Crippen MR) is 92.8 cm³/mol. The number of imidazole rings is 1. The summed E-state index contributed by atoms with van der Waals surface area (Å²) in [6, 6.07) is 8.18. The Balaban J connectivity index is 2.37. The van der Waals surface area contributed by atoms with Crippen LogP contribution in [0.2, 0.25) is 0 Å². The predicted octanol–water partition coefficient (Wildman–Crippen LogP) is 4.02. The molecule has 0 atom stereocenters. The first-order valence-electron chi connectivity index (χ1n) is 8.00. The Hall–Kier alpha value is -2.10. The summed E-state index contributed by atoms with van der Waals surface area (Å²) in [4.78, 5) is 9.35. The van der Waals surface area contributed by atoms with Crippen LogP contribution in [0.4, 0.5) is 5.82 Å². The highest BCUT2D eigenvalue weighted by atomic mass is 15.1. The van der Waals surface area contributed by atoms with Crippen LogP contribution in [0.15, 0.2) is 24.3 Å². The topological polar surface area (TPSA) is 56.7 Å². The van der Waals surface area contributed by atoms with Gasteiger partial charge in [-0.05, 0) is 17.9 Å². The molecule has 2 aromatic heterocycles. The molecule has 0 aliphatic heterocycles. The van der Waals surface area contributed by atoms with E-state index in [-0.39, 0.29) is 0 Å². The van der Waals surface area contributed by atoms with Gasteiger partial charge in [-0.15, -0.1) is 0 Å². The highest BCUT2D eigenvalue weighted by molar-refractivity contribution is 6.06. The van der Waals surface area contributed by atoms with E-state index >= 15 is 0 Å². The molecule has 3 aromatic rings. The first-order chi connectivity index (χ1) is 10.5. The lowest BCUT2D eigenvalue weighted by molar-refractivity contribution is 0.500. The van der Waals surface area contributed by atoms with Crippen LogP contribution in [0, 0.1) is 11.8 Å². The minimum Gasteiger partial charge on any atom is -0.382 e. The van der Waals surface area contributed by atoms with Crippen molar-refractivity contribution >= 4 is 27.8 Å². The van der Waals surface area contributed by atoms with Crippen molar-refractivity contribution in [2.75, 3.05) is 5.73 Å². The molecule has 0 saturated heterocycles. The molecule has 0 radical (unpaired) electrons. The molecule has 2 N–H and O–H groups in total. The third kappa shape index (κ3) is 2.54. The molecule has 2 heterocycles. The fourth-order valence-corrected chi connectivity index (χ4v) is 2.99. The molecule has 0 fully saturated rings. The standard InChI is InChI=1S/C18H24N4/c1-11(2)9-15-21-16-17(22(15)10-12(3)4)13-7-5-6-8-14(13)20-18(16)19/h5-8,11-12H,9-10H2,1-4H3,(H2,19,20). The summed E-state index contributed by atoms with van der Waals surface area (Å²) in [6.45, 7) is 9.86. The van der Waals surface area contributed by atoms with Gasteiger partial charge >= 0.3 is 0 Å². The first kappa shape index (κ1) is 14.8. The van der Waals surface area contributed by atoms with E-state index in [4.69, 9.17) is 10.7 Å². The van der Waals surface area contributed by atoms with E-state index in [1.165, 1.54) is 0 Å². The van der Waals surface area contributed by atoms with Gasteiger partial charge in [0.25, 0.3) is 0 Å². The van der Waals surface area contributed by atoms with Crippen LogP contribution in [0.25, 0.3) is 21.9 Å². The maximum atomic E-state index is 6.18. The monoisotopic (exact) mass is 296 g/mol. The maximum Gasteiger partial charge on any atom is 0.152 e. The molecule has 1 aromatic carbocycles. The van der Waals surface area contributed by atoms with Crippen LogP contribution in [-0.2, 0) is 13.0 Å². The van der Waals surface area contributed by atoms with Crippen LogP contribution in [0.3, 0.4) is 0 Å². The van der Waals surface area contributed by atoms with Crippen LogP contribution in [0.5, 0.6) is 0 Å². The molecule has 0 saturated carbocycles. The molecule has 0 aliphatic carbocycles. The number of para-hydroxylation sites is 1. The van der Waals surface area contributed by atoms with Crippen LogP contribution >= 0.6 is 0 Å². The van der Waals surface area contributed by atoms with Crippen molar-refractivity contribution in [3.05, 3.63) is 30.1 Å². The number of fused-ring (bicyclic) bond motifs is 3. The Labute approximate surface area is 131 Å². The van der Waals surface area contributed by atoms with Gasteiger partial charge in [0, 0.05) is 18.4 Å². The van der Waals surface area contributed by atoms with Gasteiger partial charge in [-0.25, -0.2) is 9.97 Å². The van der Waals surface area contributed by atoms with Crippen LogP contribution in [0.1, 0.15) is 33.5 Å². The first-order valence-corrected chi connectivity index (χ1v) is 8.00. The second-order valence-electron chi connectivity index (χ2n) is 6.84. The van der Waals surface area contributed by atoms with Gasteiger partial charge in [0.15, 0.2) is 5.82 Å². The molecule has 0 spiro atoms. The zero-order valence-corrected chi connectivity index (χ0v) is 13.8. The smallest absolute Gasteiger partial charge is 0.152 e. The Morgan fingerprint density at radius 1 is 1.05 bits per heavy atom. The lowest BCUT2D eigenvalue weighted by Crippen LogP contribution is -2.11. The summed E-state index contributed by atoms with van der Waals surface area (Å²) < 4.78 is 2.35. The van der Waals surface area contributed by atoms with Crippen LogP contribution in [-0.4, -0.2) is 14.5 Å². The average molecular weight is 296 g/mol. The molecule has 0 aliphatic rings. The highest BCUT2D eigenvalue weighted by Crippen LogP contribution is 2.30.